The molecular formula is C20H20FN4O3P. The first-order valence-electron chi connectivity index (χ1n) is 9.40. The second-order valence-electron chi connectivity index (χ2n) is 7.50. The van der Waals surface area contributed by atoms with Gasteiger partial charge in [0, 0.05) is 0 Å². The molecule has 1 fully saturated rings. The molecule has 0 saturated carbocycles. The zero-order valence-corrected chi connectivity index (χ0v) is 17.1. The van der Waals surface area contributed by atoms with Crippen LogP contribution in [-0.2, 0) is 6.29 Å². The third kappa shape index (κ3) is 2.42. The summed E-state index contributed by atoms with van der Waals surface area (Å²) < 4.78 is 24.3. The molecule has 2 aliphatic rings. The van der Waals surface area contributed by atoms with E-state index >= 15 is 0 Å². The van der Waals surface area contributed by atoms with Crippen molar-refractivity contribution in [3.8, 4) is 0 Å². The summed E-state index contributed by atoms with van der Waals surface area (Å²) in [6.07, 6.45) is 1.86. The quantitative estimate of drug-likeness (QED) is 0.605. The Bertz CT molecular complexity index is 1140. The molecule has 5 rings (SSSR count). The van der Waals surface area contributed by atoms with Gasteiger partial charge in [0.2, 0.25) is 0 Å². The van der Waals surface area contributed by atoms with Crippen LogP contribution in [0.5, 0.6) is 0 Å². The summed E-state index contributed by atoms with van der Waals surface area (Å²) in [6.45, 7) is 4.53. The van der Waals surface area contributed by atoms with Gasteiger partial charge in [0.25, 0.3) is 0 Å². The molecule has 29 heavy (non-hydrogen) atoms. The van der Waals surface area contributed by atoms with Gasteiger partial charge in [0.1, 0.15) is 0 Å². The Labute approximate surface area is 167 Å². The molecule has 2 amide bonds. The number of nitrogens with zero attached hydrogens (tertiary/aromatic N) is 4. The molecule has 4 heterocycles. The van der Waals surface area contributed by atoms with Gasteiger partial charge in [-0.05, 0) is 0 Å². The Kier molecular flexibility index (Phi) is 3.90. The standard InChI is InChI=1S/C20H20FN4O3P/c1-13-3-8-18-20(27)25-10-9-24(19(26)17-11-28-22-14(17)2)29(25,12-23(13)18)16-6-4-15(21)5-7-16/h3-8,11,29H,9-10,12H2,1-2H3. The molecule has 7 nitrogen and oxygen atoms in total. The molecule has 0 atom stereocenters. The number of fused-ring (bicyclic) bond motifs is 2. The summed E-state index contributed by atoms with van der Waals surface area (Å²) in [5.41, 5.74) is 2.49. The Morgan fingerprint density at radius 2 is 1.90 bits per heavy atom. The van der Waals surface area contributed by atoms with E-state index in [1.165, 1.54) is 18.4 Å². The molecule has 0 unspecified atom stereocenters. The Balaban J connectivity index is 1.72. The van der Waals surface area contributed by atoms with Gasteiger partial charge in [-0.3, -0.25) is 0 Å². The van der Waals surface area contributed by atoms with Crippen LogP contribution in [-0.4, -0.2) is 44.0 Å². The van der Waals surface area contributed by atoms with Gasteiger partial charge in [0.15, 0.2) is 0 Å². The Morgan fingerprint density at radius 1 is 1.14 bits per heavy atom. The predicted octanol–water partition coefficient (Wildman–Crippen LogP) is 2.71. The van der Waals surface area contributed by atoms with Crippen LogP contribution in [0.2, 0.25) is 0 Å². The molecule has 0 bridgehead atoms. The van der Waals surface area contributed by atoms with Crippen LogP contribution in [0.4, 0.5) is 4.39 Å². The molecule has 2 aromatic heterocycles. The van der Waals surface area contributed by atoms with Crippen LogP contribution in [0.1, 0.15) is 32.2 Å². The number of hydrogen-bond donors (Lipinski definition) is 0. The number of benzene rings is 1. The molecule has 3 aromatic rings. The molecule has 0 N–H and O–H groups in total. The average molecular weight is 414 g/mol. The first kappa shape index (κ1) is 18.1. The summed E-state index contributed by atoms with van der Waals surface area (Å²) in [5.74, 6) is -0.641. The normalized spacial score (nSPS) is 18.5. The van der Waals surface area contributed by atoms with Gasteiger partial charge < -0.3 is 0 Å². The third-order valence-corrected chi connectivity index (χ3v) is 10.7. The van der Waals surface area contributed by atoms with Gasteiger partial charge in [-0.15, -0.1) is 0 Å². The maximum absolute atomic E-state index is 13.7. The number of amides is 2. The molecular weight excluding hydrogens is 394 g/mol. The second-order valence-corrected chi connectivity index (χ2v) is 11.1. The monoisotopic (exact) mass is 414 g/mol. The zero-order chi connectivity index (χ0) is 20.3. The predicted molar refractivity (Wildman–Crippen MR) is 107 cm³/mol. The second kappa shape index (κ2) is 6.26. The van der Waals surface area contributed by atoms with E-state index < -0.39 is 7.56 Å². The van der Waals surface area contributed by atoms with E-state index in [-0.39, 0.29) is 17.6 Å². The van der Waals surface area contributed by atoms with Gasteiger partial charge >= 0.3 is 167 Å². The number of carbonyl (C=O) groups excluding carboxylic acids is 2. The van der Waals surface area contributed by atoms with Crippen LogP contribution in [0.15, 0.2) is 47.2 Å². The fourth-order valence-electron chi connectivity index (χ4n) is 4.51. The van der Waals surface area contributed by atoms with Crippen molar-refractivity contribution in [2.75, 3.05) is 13.1 Å². The van der Waals surface area contributed by atoms with Crippen molar-refractivity contribution in [1.29, 1.82) is 0 Å². The van der Waals surface area contributed by atoms with Gasteiger partial charge in [0.05, 0.1) is 0 Å². The summed E-state index contributed by atoms with van der Waals surface area (Å²) in [7, 11) is -3.03. The molecule has 0 spiro atoms. The Hall–Kier alpha value is -2.99. The van der Waals surface area contributed by atoms with Crippen molar-refractivity contribution in [3.05, 3.63) is 71.1 Å². The summed E-state index contributed by atoms with van der Waals surface area (Å²) in [4.78, 5) is 26.9. The van der Waals surface area contributed by atoms with Crippen molar-refractivity contribution in [3.63, 3.8) is 0 Å². The van der Waals surface area contributed by atoms with E-state index in [4.69, 9.17) is 4.52 Å². The number of aromatic nitrogens is 2. The zero-order valence-electron chi connectivity index (χ0n) is 16.1. The fraction of sp³-hybridized carbons (Fsp3) is 0.250. The van der Waals surface area contributed by atoms with Crippen molar-refractivity contribution < 1.29 is 18.5 Å². The summed E-state index contributed by atoms with van der Waals surface area (Å²) in [5, 5.41) is 4.66. The first-order chi connectivity index (χ1) is 13.9. The number of hydrogen-bond acceptors (Lipinski definition) is 4. The fourth-order valence-corrected chi connectivity index (χ4v) is 9.36. The minimum absolute atomic E-state index is 0.0855. The maximum atomic E-state index is 13.7. The van der Waals surface area contributed by atoms with Gasteiger partial charge in [-0.2, -0.15) is 0 Å². The van der Waals surface area contributed by atoms with Crippen molar-refractivity contribution in [2.45, 2.75) is 20.1 Å². The first-order valence-corrected chi connectivity index (χ1v) is 11.5. The Morgan fingerprint density at radius 3 is 2.59 bits per heavy atom. The molecule has 2 aliphatic heterocycles. The van der Waals surface area contributed by atoms with E-state index in [2.05, 4.69) is 5.16 Å². The van der Waals surface area contributed by atoms with Crippen LogP contribution in [0, 0.1) is 19.7 Å². The summed E-state index contributed by atoms with van der Waals surface area (Å²) in [6, 6.07) is 9.94. The third-order valence-electron chi connectivity index (χ3n) is 6.01. The number of aryl methyl sites for hydroxylation is 2. The van der Waals surface area contributed by atoms with Crippen molar-refractivity contribution >= 4 is 24.7 Å². The topological polar surface area (TPSA) is 71.6 Å². The molecule has 150 valence electrons. The minimum atomic E-state index is -3.03. The van der Waals surface area contributed by atoms with Crippen molar-refractivity contribution in [2.24, 2.45) is 0 Å². The molecule has 0 aliphatic carbocycles. The van der Waals surface area contributed by atoms with Crippen LogP contribution < -0.4 is 5.30 Å². The van der Waals surface area contributed by atoms with Crippen molar-refractivity contribution in [1.82, 2.24) is 19.1 Å². The van der Waals surface area contributed by atoms with E-state index in [1.807, 2.05) is 33.0 Å². The molecule has 1 saturated heterocycles. The van der Waals surface area contributed by atoms with Gasteiger partial charge in [-0.1, -0.05) is 0 Å². The molecule has 0 radical (unpaired) electrons. The van der Waals surface area contributed by atoms with Crippen LogP contribution in [0.25, 0.3) is 0 Å². The SMILES string of the molecule is Cc1nocc1C(=O)N1CCN2C(=O)c3ccc(C)n3C[PH]12c1ccc(F)cc1. The van der Waals surface area contributed by atoms with Crippen LogP contribution >= 0.6 is 7.56 Å². The van der Waals surface area contributed by atoms with Crippen LogP contribution in [0.3, 0.4) is 0 Å². The molecule has 1 aromatic carbocycles. The van der Waals surface area contributed by atoms with E-state index in [9.17, 15) is 14.0 Å². The number of carbonyl (C=O) groups is 2. The van der Waals surface area contributed by atoms with E-state index in [1.54, 1.807) is 19.1 Å². The van der Waals surface area contributed by atoms with E-state index in [0.29, 0.717) is 36.3 Å². The van der Waals surface area contributed by atoms with Gasteiger partial charge in [-0.25, -0.2) is 0 Å². The summed E-state index contributed by atoms with van der Waals surface area (Å²) >= 11 is 0. The average Bonchev–Trinajstić information content (AvgIpc) is 3.40. The number of halogens is 1. The number of rotatable bonds is 2. The molecule has 9 heteroatoms. The van der Waals surface area contributed by atoms with E-state index in [0.717, 1.165) is 11.0 Å².